The second-order valence-corrected chi connectivity index (χ2v) is 6.16. The summed E-state index contributed by atoms with van der Waals surface area (Å²) in [5.74, 6) is -0.945. The monoisotopic (exact) mass is 352 g/mol. The minimum absolute atomic E-state index is 0.269. The van der Waals surface area contributed by atoms with Crippen LogP contribution < -0.4 is 0 Å². The van der Waals surface area contributed by atoms with Gasteiger partial charge in [-0.05, 0) is 56.3 Å². The van der Waals surface area contributed by atoms with Crippen molar-refractivity contribution in [2.75, 3.05) is 0 Å². The molecule has 0 saturated carbocycles. The fraction of sp³-hybridized carbons (Fsp3) is 0.100. The van der Waals surface area contributed by atoms with Gasteiger partial charge in [-0.2, -0.15) is 0 Å². The molecule has 0 spiro atoms. The van der Waals surface area contributed by atoms with Gasteiger partial charge in [0.2, 0.25) is 0 Å². The first-order valence-corrected chi connectivity index (χ1v) is 8.16. The zero-order valence-electron chi connectivity index (χ0n) is 13.9. The highest BCUT2D eigenvalue weighted by Gasteiger charge is 2.15. The largest absolute Gasteiger partial charge is 0.478 e. The standard InChI is InChI=1S/C20H17ClN2O2/c1-13-11-15(12-22-17-9-7-16(21)8-10-17)14(2)23(13)19-6-4-3-5-18(19)20(24)25/h3-12H,1-2H3,(H,24,25). The smallest absolute Gasteiger partial charge is 0.337 e. The van der Waals surface area contributed by atoms with Crippen LogP contribution in [0.4, 0.5) is 5.69 Å². The zero-order valence-corrected chi connectivity index (χ0v) is 14.7. The van der Waals surface area contributed by atoms with E-state index in [2.05, 4.69) is 4.99 Å². The second-order valence-electron chi connectivity index (χ2n) is 5.72. The Morgan fingerprint density at radius 1 is 1.12 bits per heavy atom. The molecule has 0 bridgehead atoms. The number of aliphatic imine (C=N–C) groups is 1. The molecule has 0 fully saturated rings. The summed E-state index contributed by atoms with van der Waals surface area (Å²) < 4.78 is 1.94. The SMILES string of the molecule is Cc1cc(C=Nc2ccc(Cl)cc2)c(C)n1-c1ccccc1C(=O)O. The van der Waals surface area contributed by atoms with Crippen LogP contribution in [0, 0.1) is 13.8 Å². The number of nitrogens with zero attached hydrogens (tertiary/aromatic N) is 2. The molecule has 1 heterocycles. The van der Waals surface area contributed by atoms with E-state index in [1.165, 1.54) is 0 Å². The molecule has 126 valence electrons. The van der Waals surface area contributed by atoms with Gasteiger partial charge in [0.1, 0.15) is 0 Å². The third-order valence-corrected chi connectivity index (χ3v) is 4.28. The molecule has 0 atom stereocenters. The van der Waals surface area contributed by atoms with Crippen molar-refractivity contribution in [1.29, 1.82) is 0 Å². The lowest BCUT2D eigenvalue weighted by Gasteiger charge is -2.12. The van der Waals surface area contributed by atoms with Gasteiger partial charge in [-0.15, -0.1) is 0 Å². The van der Waals surface area contributed by atoms with Crippen LogP contribution in [-0.2, 0) is 0 Å². The number of carbonyl (C=O) groups is 1. The molecule has 5 heteroatoms. The van der Waals surface area contributed by atoms with E-state index < -0.39 is 5.97 Å². The lowest BCUT2D eigenvalue weighted by molar-refractivity contribution is 0.0697. The first-order chi connectivity index (χ1) is 12.0. The Labute approximate surface area is 151 Å². The van der Waals surface area contributed by atoms with Crippen molar-refractivity contribution in [3.05, 3.63) is 82.1 Å². The van der Waals surface area contributed by atoms with Gasteiger partial charge in [0.05, 0.1) is 16.9 Å². The summed E-state index contributed by atoms with van der Waals surface area (Å²) in [6, 6.07) is 16.2. The minimum Gasteiger partial charge on any atom is -0.478 e. The molecule has 3 rings (SSSR count). The van der Waals surface area contributed by atoms with E-state index in [1.807, 2.05) is 48.7 Å². The maximum absolute atomic E-state index is 11.5. The number of halogens is 1. The second kappa shape index (κ2) is 6.95. The van der Waals surface area contributed by atoms with Crippen LogP contribution in [0.2, 0.25) is 5.02 Å². The highest BCUT2D eigenvalue weighted by Crippen LogP contribution is 2.24. The molecule has 0 aliphatic rings. The number of para-hydroxylation sites is 1. The highest BCUT2D eigenvalue weighted by atomic mass is 35.5. The van der Waals surface area contributed by atoms with E-state index in [4.69, 9.17) is 11.6 Å². The van der Waals surface area contributed by atoms with Crippen LogP contribution in [0.25, 0.3) is 5.69 Å². The molecule has 0 aliphatic carbocycles. The van der Waals surface area contributed by atoms with Gasteiger partial charge in [-0.25, -0.2) is 4.79 Å². The summed E-state index contributed by atoms with van der Waals surface area (Å²) in [5, 5.41) is 10.1. The Bertz CT molecular complexity index is 956. The first-order valence-electron chi connectivity index (χ1n) is 7.78. The Balaban J connectivity index is 2.02. The Hall–Kier alpha value is -2.85. The maximum Gasteiger partial charge on any atom is 0.337 e. The van der Waals surface area contributed by atoms with Gasteiger partial charge in [0.15, 0.2) is 0 Å². The maximum atomic E-state index is 11.5. The molecule has 1 N–H and O–H groups in total. The lowest BCUT2D eigenvalue weighted by atomic mass is 10.1. The number of aryl methyl sites for hydroxylation is 1. The van der Waals surface area contributed by atoms with Crippen molar-refractivity contribution >= 4 is 29.5 Å². The number of carboxylic acids is 1. The lowest BCUT2D eigenvalue weighted by Crippen LogP contribution is -2.07. The fourth-order valence-electron chi connectivity index (χ4n) is 2.81. The summed E-state index contributed by atoms with van der Waals surface area (Å²) in [7, 11) is 0. The summed E-state index contributed by atoms with van der Waals surface area (Å²) in [6.07, 6.45) is 1.78. The Morgan fingerprint density at radius 2 is 1.80 bits per heavy atom. The Morgan fingerprint density at radius 3 is 2.48 bits per heavy atom. The molecule has 0 amide bonds. The molecule has 0 unspecified atom stereocenters. The molecule has 0 saturated heterocycles. The normalized spacial score (nSPS) is 11.2. The third kappa shape index (κ3) is 3.49. The van der Waals surface area contributed by atoms with Crippen molar-refractivity contribution in [3.8, 4) is 5.69 Å². The molecule has 0 aliphatic heterocycles. The van der Waals surface area contributed by atoms with Crippen molar-refractivity contribution in [2.24, 2.45) is 4.99 Å². The summed E-state index contributed by atoms with van der Waals surface area (Å²) >= 11 is 5.88. The summed E-state index contributed by atoms with van der Waals surface area (Å²) in [5.41, 5.74) is 4.54. The predicted molar refractivity (Wildman–Crippen MR) is 101 cm³/mol. The Kier molecular flexibility index (Phi) is 4.72. The minimum atomic E-state index is -0.945. The summed E-state index contributed by atoms with van der Waals surface area (Å²) in [4.78, 5) is 16.0. The molecule has 25 heavy (non-hydrogen) atoms. The van der Waals surface area contributed by atoms with E-state index in [-0.39, 0.29) is 5.56 Å². The van der Waals surface area contributed by atoms with Crippen molar-refractivity contribution in [3.63, 3.8) is 0 Å². The van der Waals surface area contributed by atoms with E-state index in [0.29, 0.717) is 10.7 Å². The number of carboxylic acid groups (broad SMARTS) is 1. The van der Waals surface area contributed by atoms with Crippen molar-refractivity contribution in [1.82, 2.24) is 4.57 Å². The highest BCUT2D eigenvalue weighted by molar-refractivity contribution is 6.30. The van der Waals surface area contributed by atoms with Crippen molar-refractivity contribution in [2.45, 2.75) is 13.8 Å². The van der Waals surface area contributed by atoms with E-state index in [0.717, 1.165) is 22.6 Å². The molecule has 4 nitrogen and oxygen atoms in total. The average Bonchev–Trinajstić information content (AvgIpc) is 2.88. The van der Waals surface area contributed by atoms with Gasteiger partial charge in [-0.3, -0.25) is 4.99 Å². The summed E-state index contributed by atoms with van der Waals surface area (Å²) in [6.45, 7) is 3.90. The first kappa shape index (κ1) is 17.0. The van der Waals surface area contributed by atoms with Crippen molar-refractivity contribution < 1.29 is 9.90 Å². The number of aromatic carboxylic acids is 1. The molecular formula is C20H17ClN2O2. The van der Waals surface area contributed by atoms with E-state index in [1.54, 1.807) is 30.5 Å². The van der Waals surface area contributed by atoms with Gasteiger partial charge in [0, 0.05) is 28.2 Å². The van der Waals surface area contributed by atoms with Crippen LogP contribution in [0.15, 0.2) is 59.6 Å². The van der Waals surface area contributed by atoms with Gasteiger partial charge in [-0.1, -0.05) is 23.7 Å². The molecule has 2 aromatic carbocycles. The van der Waals surface area contributed by atoms with E-state index >= 15 is 0 Å². The quantitative estimate of drug-likeness (QED) is 0.656. The van der Waals surface area contributed by atoms with Crippen LogP contribution in [0.1, 0.15) is 27.3 Å². The van der Waals surface area contributed by atoms with Gasteiger partial charge in [0.25, 0.3) is 0 Å². The van der Waals surface area contributed by atoms with Crippen LogP contribution in [0.3, 0.4) is 0 Å². The predicted octanol–water partition coefficient (Wildman–Crippen LogP) is 5.20. The van der Waals surface area contributed by atoms with Crippen LogP contribution in [0.5, 0.6) is 0 Å². The molecular weight excluding hydrogens is 336 g/mol. The number of hydrogen-bond donors (Lipinski definition) is 1. The molecule has 3 aromatic rings. The zero-order chi connectivity index (χ0) is 18.0. The number of rotatable bonds is 4. The average molecular weight is 353 g/mol. The van der Waals surface area contributed by atoms with Gasteiger partial charge >= 0.3 is 5.97 Å². The topological polar surface area (TPSA) is 54.6 Å². The number of hydrogen-bond acceptors (Lipinski definition) is 2. The number of aromatic nitrogens is 1. The third-order valence-electron chi connectivity index (χ3n) is 4.02. The van der Waals surface area contributed by atoms with E-state index in [9.17, 15) is 9.90 Å². The van der Waals surface area contributed by atoms with Crippen LogP contribution >= 0.6 is 11.6 Å². The van der Waals surface area contributed by atoms with Gasteiger partial charge < -0.3 is 9.67 Å². The molecule has 0 radical (unpaired) electrons. The molecule has 1 aromatic heterocycles. The fourth-order valence-corrected chi connectivity index (χ4v) is 2.94. The number of benzene rings is 2. The van der Waals surface area contributed by atoms with Crippen LogP contribution in [-0.4, -0.2) is 21.9 Å².